The van der Waals surface area contributed by atoms with E-state index in [1.165, 1.54) is 17.7 Å². The van der Waals surface area contributed by atoms with Gasteiger partial charge in [0.15, 0.2) is 0 Å². The number of carbonyl (C=O) groups excluding carboxylic acids is 1. The first-order valence-corrected chi connectivity index (χ1v) is 6.62. The van der Waals surface area contributed by atoms with Gasteiger partial charge in [0.25, 0.3) is 0 Å². The largest absolute Gasteiger partial charge is 0.366 e. The highest BCUT2D eigenvalue weighted by molar-refractivity contribution is 7.10. The summed E-state index contributed by atoms with van der Waals surface area (Å²) in [4.78, 5) is 12.1. The molecule has 0 radical (unpaired) electrons. The maximum atomic E-state index is 10.9. The van der Waals surface area contributed by atoms with Gasteiger partial charge in [0.1, 0.15) is 0 Å². The first-order chi connectivity index (χ1) is 7.66. The van der Waals surface area contributed by atoms with Crippen LogP contribution >= 0.6 is 11.3 Å². The van der Waals surface area contributed by atoms with Gasteiger partial charge in [-0.3, -0.25) is 4.79 Å². The van der Waals surface area contributed by atoms with Crippen molar-refractivity contribution in [3.8, 4) is 0 Å². The Balaban J connectivity index is 1.73. The minimum absolute atomic E-state index is 0.339. The number of amides is 1. The first kappa shape index (κ1) is 11.6. The van der Waals surface area contributed by atoms with E-state index >= 15 is 0 Å². The van der Waals surface area contributed by atoms with Crippen LogP contribution in [-0.2, 0) is 6.54 Å². The molecule has 1 fully saturated rings. The van der Waals surface area contributed by atoms with Crippen LogP contribution in [0.5, 0.6) is 0 Å². The Morgan fingerprint density at radius 2 is 2.44 bits per heavy atom. The molecule has 3 N–H and O–H groups in total. The second-order valence-electron chi connectivity index (χ2n) is 4.61. The van der Waals surface area contributed by atoms with Crippen molar-refractivity contribution in [2.45, 2.75) is 26.3 Å². The van der Waals surface area contributed by atoms with Crippen molar-refractivity contribution in [1.82, 2.24) is 5.32 Å². The third-order valence-corrected chi connectivity index (χ3v) is 4.07. The highest BCUT2D eigenvalue weighted by Gasteiger charge is 2.27. The second kappa shape index (κ2) is 4.97. The van der Waals surface area contributed by atoms with Crippen molar-refractivity contribution in [3.05, 3.63) is 21.9 Å². The van der Waals surface area contributed by atoms with Crippen LogP contribution in [0.25, 0.3) is 0 Å². The SMILES string of the molecule is CC(CNCc1cc(C(N)=O)cs1)C1CC1. The van der Waals surface area contributed by atoms with Gasteiger partial charge in [-0.25, -0.2) is 0 Å². The zero-order valence-electron chi connectivity index (χ0n) is 9.53. The molecule has 1 amide bonds. The number of primary amides is 1. The van der Waals surface area contributed by atoms with E-state index < -0.39 is 0 Å². The molecule has 1 atom stereocenters. The summed E-state index contributed by atoms with van der Waals surface area (Å²) in [7, 11) is 0. The van der Waals surface area contributed by atoms with Crippen molar-refractivity contribution in [2.75, 3.05) is 6.54 Å². The zero-order chi connectivity index (χ0) is 11.5. The van der Waals surface area contributed by atoms with Crippen LogP contribution in [0.3, 0.4) is 0 Å². The molecule has 1 aliphatic rings. The van der Waals surface area contributed by atoms with E-state index in [1.54, 1.807) is 11.3 Å². The van der Waals surface area contributed by atoms with E-state index in [-0.39, 0.29) is 5.91 Å². The molecule has 3 nitrogen and oxygen atoms in total. The normalized spacial score (nSPS) is 17.3. The molecule has 1 saturated carbocycles. The minimum atomic E-state index is -0.339. The van der Waals surface area contributed by atoms with Crippen LogP contribution in [0.4, 0.5) is 0 Å². The molecule has 4 heteroatoms. The number of thiophene rings is 1. The molecule has 1 aliphatic carbocycles. The van der Waals surface area contributed by atoms with Gasteiger partial charge in [0.05, 0.1) is 5.56 Å². The van der Waals surface area contributed by atoms with Crippen LogP contribution in [-0.4, -0.2) is 12.5 Å². The lowest BCUT2D eigenvalue weighted by Crippen LogP contribution is -2.21. The van der Waals surface area contributed by atoms with Crippen molar-refractivity contribution in [1.29, 1.82) is 0 Å². The zero-order valence-corrected chi connectivity index (χ0v) is 10.3. The highest BCUT2D eigenvalue weighted by atomic mass is 32.1. The number of hydrogen-bond acceptors (Lipinski definition) is 3. The van der Waals surface area contributed by atoms with E-state index in [4.69, 9.17) is 5.73 Å². The Bertz CT molecular complexity index is 371. The van der Waals surface area contributed by atoms with Crippen molar-refractivity contribution >= 4 is 17.2 Å². The van der Waals surface area contributed by atoms with Gasteiger partial charge in [-0.15, -0.1) is 11.3 Å². The molecule has 1 unspecified atom stereocenters. The van der Waals surface area contributed by atoms with Gasteiger partial charge < -0.3 is 11.1 Å². The molecule has 0 spiro atoms. The van der Waals surface area contributed by atoms with Crippen molar-refractivity contribution in [3.63, 3.8) is 0 Å². The van der Waals surface area contributed by atoms with E-state index in [0.29, 0.717) is 5.56 Å². The lowest BCUT2D eigenvalue weighted by molar-refractivity contribution is 0.100. The number of hydrogen-bond donors (Lipinski definition) is 2. The fourth-order valence-corrected chi connectivity index (χ4v) is 2.70. The Kier molecular flexibility index (Phi) is 3.61. The number of nitrogens with two attached hydrogens (primary N) is 1. The van der Waals surface area contributed by atoms with Gasteiger partial charge in [-0.1, -0.05) is 6.92 Å². The quantitative estimate of drug-likeness (QED) is 0.796. The predicted molar refractivity (Wildman–Crippen MR) is 66.4 cm³/mol. The highest BCUT2D eigenvalue weighted by Crippen LogP contribution is 2.36. The molecule has 0 saturated heterocycles. The van der Waals surface area contributed by atoms with E-state index in [1.807, 2.05) is 11.4 Å². The third kappa shape index (κ3) is 3.06. The molecule has 2 rings (SSSR count). The molecule has 1 heterocycles. The Labute approximate surface area is 100 Å². The van der Waals surface area contributed by atoms with Crippen LogP contribution < -0.4 is 11.1 Å². The smallest absolute Gasteiger partial charge is 0.249 e. The molecule has 1 aromatic heterocycles. The van der Waals surface area contributed by atoms with E-state index in [2.05, 4.69) is 12.2 Å². The fraction of sp³-hybridized carbons (Fsp3) is 0.583. The Morgan fingerprint density at radius 3 is 3.00 bits per heavy atom. The van der Waals surface area contributed by atoms with E-state index in [0.717, 1.165) is 24.9 Å². The average Bonchev–Trinajstić information content (AvgIpc) is 2.98. The number of nitrogens with one attached hydrogen (secondary N) is 1. The molecule has 0 bridgehead atoms. The lowest BCUT2D eigenvalue weighted by Gasteiger charge is -2.10. The molecule has 1 aromatic rings. The summed E-state index contributed by atoms with van der Waals surface area (Å²) in [5.41, 5.74) is 5.82. The minimum Gasteiger partial charge on any atom is -0.366 e. The summed E-state index contributed by atoms with van der Waals surface area (Å²) in [6, 6.07) is 1.88. The molecular formula is C12H18N2OS. The van der Waals surface area contributed by atoms with Crippen molar-refractivity contribution < 1.29 is 4.79 Å². The van der Waals surface area contributed by atoms with Gasteiger partial charge >= 0.3 is 0 Å². The predicted octanol–water partition coefficient (Wildman–Crippen LogP) is 1.98. The molecule has 16 heavy (non-hydrogen) atoms. The molecule has 88 valence electrons. The third-order valence-electron chi connectivity index (χ3n) is 3.13. The fourth-order valence-electron chi connectivity index (χ4n) is 1.86. The first-order valence-electron chi connectivity index (χ1n) is 5.74. The molecule has 0 aromatic carbocycles. The van der Waals surface area contributed by atoms with Gasteiger partial charge in [-0.2, -0.15) is 0 Å². The summed E-state index contributed by atoms with van der Waals surface area (Å²) < 4.78 is 0. The van der Waals surface area contributed by atoms with Crippen molar-refractivity contribution in [2.24, 2.45) is 17.6 Å². The lowest BCUT2D eigenvalue weighted by atomic mass is 10.1. The Hall–Kier alpha value is -0.870. The second-order valence-corrected chi connectivity index (χ2v) is 5.61. The van der Waals surface area contributed by atoms with E-state index in [9.17, 15) is 4.79 Å². The van der Waals surface area contributed by atoms with Crippen LogP contribution in [0.2, 0.25) is 0 Å². The summed E-state index contributed by atoms with van der Waals surface area (Å²) >= 11 is 1.59. The summed E-state index contributed by atoms with van der Waals surface area (Å²) in [5.74, 6) is 1.38. The Morgan fingerprint density at radius 1 is 1.69 bits per heavy atom. The summed E-state index contributed by atoms with van der Waals surface area (Å²) in [6.45, 7) is 4.21. The van der Waals surface area contributed by atoms with Gasteiger partial charge in [0.2, 0.25) is 5.91 Å². The van der Waals surface area contributed by atoms with Gasteiger partial charge in [0, 0.05) is 16.8 Å². The maximum absolute atomic E-state index is 10.9. The number of rotatable bonds is 6. The average molecular weight is 238 g/mol. The number of carbonyl (C=O) groups is 1. The topological polar surface area (TPSA) is 55.1 Å². The van der Waals surface area contributed by atoms with Crippen LogP contribution in [0, 0.1) is 11.8 Å². The van der Waals surface area contributed by atoms with Crippen LogP contribution in [0.1, 0.15) is 35.0 Å². The molecule has 0 aliphatic heterocycles. The van der Waals surface area contributed by atoms with Crippen LogP contribution in [0.15, 0.2) is 11.4 Å². The van der Waals surface area contributed by atoms with Gasteiger partial charge in [-0.05, 0) is 37.3 Å². The summed E-state index contributed by atoms with van der Waals surface area (Å²) in [6.07, 6.45) is 2.79. The summed E-state index contributed by atoms with van der Waals surface area (Å²) in [5, 5.41) is 5.26. The maximum Gasteiger partial charge on any atom is 0.249 e. The standard InChI is InChI=1S/C12H18N2OS/c1-8(9-2-3-9)5-14-6-11-4-10(7-16-11)12(13)15/h4,7-9,14H,2-3,5-6H2,1H3,(H2,13,15). The monoisotopic (exact) mass is 238 g/mol. The molecular weight excluding hydrogens is 220 g/mol.